The molecule has 0 radical (unpaired) electrons. The Morgan fingerprint density at radius 3 is 2.56 bits per heavy atom. The molecule has 0 bridgehead atoms. The third-order valence-electron chi connectivity index (χ3n) is 6.31. The molecule has 1 saturated heterocycles. The Morgan fingerprint density at radius 2 is 2.00 bits per heavy atom. The fourth-order valence-corrected chi connectivity index (χ4v) is 4.13. The minimum atomic E-state index is -0.510. The van der Waals surface area contributed by atoms with E-state index < -0.39 is 11.7 Å². The van der Waals surface area contributed by atoms with Crippen molar-refractivity contribution in [1.29, 1.82) is 0 Å². The molecule has 1 aromatic rings. The number of H-pyrrole nitrogens is 1. The van der Waals surface area contributed by atoms with Crippen molar-refractivity contribution in [1.82, 2.24) is 4.98 Å². The molecule has 6 nitrogen and oxygen atoms in total. The van der Waals surface area contributed by atoms with Crippen LogP contribution in [0.5, 0.6) is 11.6 Å². The fourth-order valence-electron chi connectivity index (χ4n) is 4.13. The minimum absolute atomic E-state index is 0.0164. The van der Waals surface area contributed by atoms with E-state index in [1.54, 1.807) is 6.92 Å². The largest absolute Gasteiger partial charge is 0.488 e. The van der Waals surface area contributed by atoms with Crippen LogP contribution in [0.3, 0.4) is 0 Å². The van der Waals surface area contributed by atoms with Crippen molar-refractivity contribution in [3.05, 3.63) is 56.9 Å². The molecule has 0 spiro atoms. The molecule has 1 aliphatic heterocycles. The molecule has 1 fully saturated rings. The maximum Gasteiger partial charge on any atom is 0.238 e. The second-order valence-corrected chi connectivity index (χ2v) is 8.90. The van der Waals surface area contributed by atoms with Gasteiger partial charge in [-0.3, -0.25) is 4.79 Å². The summed E-state index contributed by atoms with van der Waals surface area (Å²) in [5.41, 5.74) is 3.18. The summed E-state index contributed by atoms with van der Waals surface area (Å²) in [6.45, 7) is 12.0. The zero-order valence-corrected chi connectivity index (χ0v) is 20.7. The van der Waals surface area contributed by atoms with Gasteiger partial charge >= 0.3 is 0 Å². The Labute approximate surface area is 192 Å². The monoisotopic (exact) mass is 445 g/mol. The molecule has 32 heavy (non-hydrogen) atoms. The number of epoxide rings is 1. The van der Waals surface area contributed by atoms with Gasteiger partial charge in [-0.1, -0.05) is 49.3 Å². The Bertz CT molecular complexity index is 942. The van der Waals surface area contributed by atoms with Crippen molar-refractivity contribution in [3.63, 3.8) is 0 Å². The van der Waals surface area contributed by atoms with Gasteiger partial charge in [-0.25, -0.2) is 0 Å². The maximum atomic E-state index is 12.4. The van der Waals surface area contributed by atoms with Gasteiger partial charge in [0.25, 0.3) is 0 Å². The number of hydrogen-bond donors (Lipinski definition) is 2. The number of aromatic nitrogens is 1. The van der Waals surface area contributed by atoms with Crippen LogP contribution in [0.25, 0.3) is 0 Å². The van der Waals surface area contributed by atoms with E-state index in [2.05, 4.69) is 43.1 Å². The summed E-state index contributed by atoms with van der Waals surface area (Å²) in [5.74, 6) is 0.561. The van der Waals surface area contributed by atoms with E-state index in [1.807, 2.05) is 20.8 Å². The lowest BCUT2D eigenvalue weighted by Gasteiger charge is -2.20. The van der Waals surface area contributed by atoms with Crippen LogP contribution in [-0.4, -0.2) is 42.1 Å². The molecule has 0 aromatic carbocycles. The lowest BCUT2D eigenvalue weighted by Crippen LogP contribution is -2.34. The highest BCUT2D eigenvalue weighted by atomic mass is 16.6. The zero-order chi connectivity index (χ0) is 24.1. The summed E-state index contributed by atoms with van der Waals surface area (Å²) >= 11 is 0. The third-order valence-corrected chi connectivity index (χ3v) is 6.31. The van der Waals surface area contributed by atoms with E-state index >= 15 is 0 Å². The first-order valence-corrected chi connectivity index (χ1v) is 11.3. The van der Waals surface area contributed by atoms with Crippen LogP contribution in [0, 0.1) is 12.8 Å². The number of pyridine rings is 1. The molecule has 0 aliphatic carbocycles. The van der Waals surface area contributed by atoms with Crippen molar-refractivity contribution in [3.8, 4) is 11.6 Å². The summed E-state index contributed by atoms with van der Waals surface area (Å²) in [5, 5.41) is 10.6. The SMILES string of the molecule is CC[C@@H]1O[C@]1(C)[C@H](O)[C@H](C)/C=C(C)/C=C/C/C(C)=C/Cc1[nH]c(OC)c(OC)c(=O)c1C. The first-order valence-electron chi connectivity index (χ1n) is 11.3. The summed E-state index contributed by atoms with van der Waals surface area (Å²) < 4.78 is 16.1. The van der Waals surface area contributed by atoms with Gasteiger partial charge in [-0.2, -0.15) is 0 Å². The van der Waals surface area contributed by atoms with Crippen molar-refractivity contribution >= 4 is 0 Å². The van der Waals surface area contributed by atoms with Crippen LogP contribution in [-0.2, 0) is 11.2 Å². The number of aliphatic hydroxyl groups excluding tert-OH is 1. The molecule has 2 N–H and O–H groups in total. The van der Waals surface area contributed by atoms with Gasteiger partial charge in [0.15, 0.2) is 0 Å². The normalized spacial score (nSPS) is 23.3. The Balaban J connectivity index is 1.97. The van der Waals surface area contributed by atoms with Crippen molar-refractivity contribution in [2.75, 3.05) is 14.2 Å². The summed E-state index contributed by atoms with van der Waals surface area (Å²) in [6.07, 6.45) is 10.4. The molecular formula is C26H39NO5. The van der Waals surface area contributed by atoms with Crippen LogP contribution in [0.4, 0.5) is 0 Å². The van der Waals surface area contributed by atoms with Gasteiger partial charge in [-0.05, 0) is 40.5 Å². The van der Waals surface area contributed by atoms with Crippen LogP contribution in [0.1, 0.15) is 58.7 Å². The highest BCUT2D eigenvalue weighted by molar-refractivity contribution is 5.40. The van der Waals surface area contributed by atoms with Gasteiger partial charge in [0.2, 0.25) is 17.1 Å². The van der Waals surface area contributed by atoms with Gasteiger partial charge in [0.05, 0.1) is 26.4 Å². The number of nitrogens with one attached hydrogen (secondary N) is 1. The van der Waals surface area contributed by atoms with Gasteiger partial charge in [0.1, 0.15) is 5.60 Å². The van der Waals surface area contributed by atoms with Crippen molar-refractivity contribution < 1.29 is 19.3 Å². The van der Waals surface area contributed by atoms with Gasteiger partial charge in [0, 0.05) is 23.6 Å². The summed E-state index contributed by atoms with van der Waals surface area (Å²) in [4.78, 5) is 15.6. The zero-order valence-electron chi connectivity index (χ0n) is 20.7. The average Bonchev–Trinajstić information content (AvgIpc) is 3.45. The number of allylic oxidation sites excluding steroid dienone is 5. The summed E-state index contributed by atoms with van der Waals surface area (Å²) in [7, 11) is 2.97. The highest BCUT2D eigenvalue weighted by Crippen LogP contribution is 2.43. The fraction of sp³-hybridized carbons (Fsp3) is 0.577. The number of hydrogen-bond acceptors (Lipinski definition) is 5. The lowest BCUT2D eigenvalue weighted by atomic mass is 9.88. The quantitative estimate of drug-likeness (QED) is 0.294. The number of aliphatic hydroxyl groups is 1. The maximum absolute atomic E-state index is 12.4. The van der Waals surface area contributed by atoms with Crippen molar-refractivity contribution in [2.24, 2.45) is 5.92 Å². The summed E-state index contributed by atoms with van der Waals surface area (Å²) in [6, 6.07) is 0. The molecule has 6 heteroatoms. The third kappa shape index (κ3) is 5.93. The molecular weight excluding hydrogens is 406 g/mol. The van der Waals surface area contributed by atoms with Crippen LogP contribution in [0.2, 0.25) is 0 Å². The Morgan fingerprint density at radius 1 is 1.31 bits per heavy atom. The first-order chi connectivity index (χ1) is 15.1. The molecule has 0 saturated carbocycles. The lowest BCUT2D eigenvalue weighted by molar-refractivity contribution is 0.0563. The van der Waals surface area contributed by atoms with E-state index in [0.29, 0.717) is 17.9 Å². The second-order valence-electron chi connectivity index (χ2n) is 8.90. The molecule has 1 aromatic heterocycles. The van der Waals surface area contributed by atoms with Gasteiger partial charge < -0.3 is 24.3 Å². The van der Waals surface area contributed by atoms with E-state index in [1.165, 1.54) is 19.8 Å². The Kier molecular flexibility index (Phi) is 8.93. The topological polar surface area (TPSA) is 84.1 Å². The van der Waals surface area contributed by atoms with Gasteiger partial charge in [-0.15, -0.1) is 0 Å². The first kappa shape index (κ1) is 25.9. The molecule has 178 valence electrons. The molecule has 1 aliphatic rings. The smallest absolute Gasteiger partial charge is 0.238 e. The second kappa shape index (κ2) is 11.0. The number of aromatic amines is 1. The molecule has 2 heterocycles. The molecule has 0 unspecified atom stereocenters. The molecule has 0 amide bonds. The minimum Gasteiger partial charge on any atom is -0.488 e. The molecule has 2 rings (SSSR count). The van der Waals surface area contributed by atoms with E-state index in [0.717, 1.165) is 24.1 Å². The number of methoxy groups -OCH3 is 2. The molecule has 4 atom stereocenters. The van der Waals surface area contributed by atoms with E-state index in [4.69, 9.17) is 14.2 Å². The van der Waals surface area contributed by atoms with E-state index in [9.17, 15) is 9.90 Å². The standard InChI is InChI=1S/C26H39NO5/c1-9-21-26(6,32-21)24(29)18(4)15-17(3)12-10-11-16(2)13-14-20-19(5)22(28)23(30-7)25(27-20)31-8/h10,12-13,15,18,21,24,29H,9,11,14H2,1-8H3,(H,27,28)/b12-10+,16-13+,17-15+/t18-,21+,24-,26+/m1/s1. The van der Waals surface area contributed by atoms with E-state index in [-0.39, 0.29) is 23.2 Å². The van der Waals surface area contributed by atoms with Crippen LogP contribution < -0.4 is 14.9 Å². The Hall–Kier alpha value is -2.31. The van der Waals surface area contributed by atoms with Crippen molar-refractivity contribution in [2.45, 2.75) is 78.6 Å². The van der Waals surface area contributed by atoms with Crippen LogP contribution >= 0.6 is 0 Å². The number of rotatable bonds is 11. The van der Waals surface area contributed by atoms with Crippen LogP contribution in [0.15, 0.2) is 40.2 Å². The predicted molar refractivity (Wildman–Crippen MR) is 129 cm³/mol. The average molecular weight is 446 g/mol. The number of ether oxygens (including phenoxy) is 3. The highest BCUT2D eigenvalue weighted by Gasteiger charge is 2.57. The predicted octanol–water partition coefficient (Wildman–Crippen LogP) is 4.65.